The molecule has 0 radical (unpaired) electrons. The summed E-state index contributed by atoms with van der Waals surface area (Å²) < 4.78 is 10.7. The topological polar surface area (TPSA) is 64.2 Å². The Morgan fingerprint density at radius 3 is 2.77 bits per heavy atom. The van der Waals surface area contributed by atoms with Gasteiger partial charge in [-0.05, 0) is 35.7 Å². The van der Waals surface area contributed by atoms with Gasteiger partial charge in [0.15, 0.2) is 5.16 Å². The number of hydrogen-bond acceptors (Lipinski definition) is 6. The average molecular weight is 334 g/mol. The predicted octanol–water partition coefficient (Wildman–Crippen LogP) is 3.16. The molecule has 0 fully saturated rings. The summed E-state index contributed by atoms with van der Waals surface area (Å²) in [4.78, 5) is 19.8. The van der Waals surface area contributed by atoms with Crippen molar-refractivity contribution >= 4 is 33.3 Å². The zero-order valence-corrected chi connectivity index (χ0v) is 13.5. The molecule has 7 heteroatoms. The van der Waals surface area contributed by atoms with Crippen LogP contribution in [-0.4, -0.2) is 29.4 Å². The normalized spacial score (nSPS) is 10.8. The molecular formula is C15H14N2O3S2. The lowest BCUT2D eigenvalue weighted by Gasteiger charge is -2.06. The highest BCUT2D eigenvalue weighted by Crippen LogP contribution is 2.20. The van der Waals surface area contributed by atoms with E-state index in [-0.39, 0.29) is 5.56 Å². The van der Waals surface area contributed by atoms with Crippen molar-refractivity contribution in [2.24, 2.45) is 0 Å². The highest BCUT2D eigenvalue weighted by Gasteiger charge is 2.05. The number of ether oxygens (including phenoxy) is 2. The van der Waals surface area contributed by atoms with Gasteiger partial charge in [0, 0.05) is 5.75 Å². The van der Waals surface area contributed by atoms with E-state index in [2.05, 4.69) is 9.97 Å². The fraction of sp³-hybridized carbons (Fsp3) is 0.200. The molecule has 0 aliphatic rings. The minimum atomic E-state index is -0.0928. The van der Waals surface area contributed by atoms with Crippen LogP contribution in [0.5, 0.6) is 11.5 Å². The Morgan fingerprint density at radius 1 is 1.23 bits per heavy atom. The van der Waals surface area contributed by atoms with Gasteiger partial charge in [0.25, 0.3) is 5.56 Å². The Bertz CT molecular complexity index is 812. The highest BCUT2D eigenvalue weighted by molar-refractivity contribution is 7.99. The number of thiophene rings is 1. The van der Waals surface area contributed by atoms with Crippen LogP contribution >= 0.6 is 23.1 Å². The van der Waals surface area contributed by atoms with Gasteiger partial charge in [0.05, 0.1) is 19.1 Å². The van der Waals surface area contributed by atoms with Crippen LogP contribution in [0.25, 0.3) is 10.2 Å². The van der Waals surface area contributed by atoms with Gasteiger partial charge in [0.1, 0.15) is 16.3 Å². The maximum Gasteiger partial charge on any atom is 0.260 e. The molecule has 5 nitrogen and oxygen atoms in total. The first-order valence-corrected chi connectivity index (χ1v) is 8.50. The van der Waals surface area contributed by atoms with Crippen molar-refractivity contribution in [1.29, 1.82) is 0 Å². The average Bonchev–Trinajstić information content (AvgIpc) is 3.01. The second-order valence-corrected chi connectivity index (χ2v) is 6.36. The Balaban J connectivity index is 1.54. The summed E-state index contributed by atoms with van der Waals surface area (Å²) in [6.07, 6.45) is 0. The molecule has 3 aromatic rings. The number of fused-ring (bicyclic) bond motifs is 1. The summed E-state index contributed by atoms with van der Waals surface area (Å²) in [5, 5.41) is 3.14. The number of nitrogens with one attached hydrogen (secondary N) is 1. The fourth-order valence-corrected chi connectivity index (χ4v) is 3.39. The third-order valence-electron chi connectivity index (χ3n) is 2.96. The van der Waals surface area contributed by atoms with Crippen LogP contribution in [0.1, 0.15) is 0 Å². The van der Waals surface area contributed by atoms with Gasteiger partial charge >= 0.3 is 0 Å². The molecule has 3 rings (SSSR count). The molecule has 114 valence electrons. The fourth-order valence-electron chi connectivity index (χ4n) is 1.88. The van der Waals surface area contributed by atoms with Gasteiger partial charge in [0.2, 0.25) is 0 Å². The van der Waals surface area contributed by atoms with Crippen molar-refractivity contribution in [2.75, 3.05) is 19.5 Å². The quantitative estimate of drug-likeness (QED) is 0.426. The van der Waals surface area contributed by atoms with Crippen molar-refractivity contribution in [3.8, 4) is 11.5 Å². The molecule has 0 amide bonds. The molecule has 0 atom stereocenters. The number of aromatic amines is 1. The minimum absolute atomic E-state index is 0.0928. The first-order chi connectivity index (χ1) is 10.8. The van der Waals surface area contributed by atoms with E-state index in [0.717, 1.165) is 16.3 Å². The summed E-state index contributed by atoms with van der Waals surface area (Å²) in [6, 6.07) is 9.22. The van der Waals surface area contributed by atoms with Gasteiger partial charge in [-0.15, -0.1) is 11.3 Å². The number of methoxy groups -OCH3 is 1. The SMILES string of the molecule is COc1ccc(OCCSc2nc3sccc3c(=O)[nH]2)cc1. The number of rotatable bonds is 6. The zero-order valence-electron chi connectivity index (χ0n) is 11.9. The monoisotopic (exact) mass is 334 g/mol. The molecule has 1 aromatic carbocycles. The van der Waals surface area contributed by atoms with Crippen LogP contribution in [0.4, 0.5) is 0 Å². The lowest BCUT2D eigenvalue weighted by Crippen LogP contribution is -2.08. The molecule has 0 spiro atoms. The van der Waals surface area contributed by atoms with Crippen molar-refractivity contribution in [2.45, 2.75) is 5.16 Å². The van der Waals surface area contributed by atoms with E-state index in [9.17, 15) is 4.79 Å². The molecule has 0 aliphatic carbocycles. The van der Waals surface area contributed by atoms with E-state index in [1.54, 1.807) is 13.2 Å². The van der Waals surface area contributed by atoms with Crippen molar-refractivity contribution in [3.63, 3.8) is 0 Å². The van der Waals surface area contributed by atoms with E-state index in [1.807, 2.05) is 29.6 Å². The largest absolute Gasteiger partial charge is 0.497 e. The van der Waals surface area contributed by atoms with E-state index in [1.165, 1.54) is 23.1 Å². The predicted molar refractivity (Wildman–Crippen MR) is 89.5 cm³/mol. The smallest absolute Gasteiger partial charge is 0.260 e. The standard InChI is InChI=1S/C15H14N2O3S2/c1-19-10-2-4-11(5-3-10)20-7-9-22-15-16-13(18)12-6-8-21-14(12)17-15/h2-6,8H,7,9H2,1H3,(H,16,17,18). The molecule has 2 heterocycles. The maximum absolute atomic E-state index is 11.8. The maximum atomic E-state index is 11.8. The highest BCUT2D eigenvalue weighted by atomic mass is 32.2. The van der Waals surface area contributed by atoms with Gasteiger partial charge in [-0.1, -0.05) is 11.8 Å². The van der Waals surface area contributed by atoms with E-state index >= 15 is 0 Å². The Morgan fingerprint density at radius 2 is 2.00 bits per heavy atom. The Hall–Kier alpha value is -1.99. The zero-order chi connectivity index (χ0) is 15.4. The minimum Gasteiger partial charge on any atom is -0.497 e. The lowest BCUT2D eigenvalue weighted by molar-refractivity contribution is 0.342. The molecule has 1 N–H and O–H groups in total. The number of H-pyrrole nitrogens is 1. The molecule has 22 heavy (non-hydrogen) atoms. The number of benzene rings is 1. The number of aromatic nitrogens is 2. The van der Waals surface area contributed by atoms with Crippen LogP contribution in [0, 0.1) is 0 Å². The molecular weight excluding hydrogens is 320 g/mol. The van der Waals surface area contributed by atoms with Gasteiger partial charge in [-0.3, -0.25) is 4.79 Å². The number of thioether (sulfide) groups is 1. The summed E-state index contributed by atoms with van der Waals surface area (Å²) in [5.41, 5.74) is -0.0928. The second-order valence-electron chi connectivity index (χ2n) is 4.38. The van der Waals surface area contributed by atoms with Crippen LogP contribution in [0.15, 0.2) is 45.7 Å². The Labute approximate surface area is 135 Å². The molecule has 0 saturated heterocycles. The van der Waals surface area contributed by atoms with E-state index in [0.29, 0.717) is 22.9 Å². The van der Waals surface area contributed by atoms with Crippen molar-refractivity contribution in [1.82, 2.24) is 9.97 Å². The summed E-state index contributed by atoms with van der Waals surface area (Å²) in [5.74, 6) is 2.29. The summed E-state index contributed by atoms with van der Waals surface area (Å²) in [7, 11) is 1.63. The van der Waals surface area contributed by atoms with E-state index < -0.39 is 0 Å². The van der Waals surface area contributed by atoms with Gasteiger partial charge in [-0.2, -0.15) is 0 Å². The van der Waals surface area contributed by atoms with Crippen LogP contribution in [0.2, 0.25) is 0 Å². The van der Waals surface area contributed by atoms with Gasteiger partial charge in [-0.25, -0.2) is 4.98 Å². The Kier molecular flexibility index (Phi) is 4.65. The molecule has 0 saturated carbocycles. The van der Waals surface area contributed by atoms with E-state index in [4.69, 9.17) is 9.47 Å². The lowest BCUT2D eigenvalue weighted by atomic mass is 10.3. The van der Waals surface area contributed by atoms with Crippen LogP contribution < -0.4 is 15.0 Å². The summed E-state index contributed by atoms with van der Waals surface area (Å²) >= 11 is 2.94. The van der Waals surface area contributed by atoms with Crippen molar-refractivity contribution in [3.05, 3.63) is 46.1 Å². The number of hydrogen-bond donors (Lipinski definition) is 1. The van der Waals surface area contributed by atoms with Crippen molar-refractivity contribution < 1.29 is 9.47 Å². The molecule has 0 unspecified atom stereocenters. The second kappa shape index (κ2) is 6.85. The first kappa shape index (κ1) is 14.9. The van der Waals surface area contributed by atoms with Crippen LogP contribution in [0.3, 0.4) is 0 Å². The van der Waals surface area contributed by atoms with Crippen LogP contribution in [-0.2, 0) is 0 Å². The molecule has 0 aliphatic heterocycles. The number of nitrogens with zero attached hydrogens (tertiary/aromatic N) is 1. The first-order valence-electron chi connectivity index (χ1n) is 6.63. The summed E-state index contributed by atoms with van der Waals surface area (Å²) in [6.45, 7) is 0.531. The third-order valence-corrected chi connectivity index (χ3v) is 4.61. The van der Waals surface area contributed by atoms with Gasteiger partial charge < -0.3 is 14.5 Å². The molecule has 2 aromatic heterocycles. The molecule has 0 bridgehead atoms. The third kappa shape index (κ3) is 3.42.